The summed E-state index contributed by atoms with van der Waals surface area (Å²) in [6.07, 6.45) is 0.691. The minimum absolute atomic E-state index is 0.00958. The first-order valence-corrected chi connectivity index (χ1v) is 6.93. The molecule has 4 rings (SSSR count). The summed E-state index contributed by atoms with van der Waals surface area (Å²) in [4.78, 5) is 18.6. The Bertz CT molecular complexity index is 848. The van der Waals surface area contributed by atoms with E-state index in [2.05, 4.69) is 10.1 Å². The van der Waals surface area contributed by atoms with Crippen LogP contribution in [-0.2, 0) is 13.0 Å². The highest BCUT2D eigenvalue weighted by Gasteiger charge is 2.30. The van der Waals surface area contributed by atoms with Crippen LogP contribution in [0.4, 0.5) is 5.69 Å². The van der Waals surface area contributed by atoms with Crippen molar-refractivity contribution in [3.63, 3.8) is 0 Å². The summed E-state index contributed by atoms with van der Waals surface area (Å²) in [5.41, 5.74) is 1.65. The van der Waals surface area contributed by atoms with Gasteiger partial charge < -0.3 is 4.52 Å². The van der Waals surface area contributed by atoms with Crippen molar-refractivity contribution in [2.45, 2.75) is 19.9 Å². The van der Waals surface area contributed by atoms with Gasteiger partial charge in [-0.15, -0.1) is 0 Å². The highest BCUT2D eigenvalue weighted by Crippen LogP contribution is 2.37. The quantitative estimate of drug-likeness (QED) is 0.739. The topological polar surface area (TPSA) is 59.2 Å². The predicted molar refractivity (Wildman–Crippen MR) is 78.1 cm³/mol. The van der Waals surface area contributed by atoms with Crippen LogP contribution in [0.5, 0.6) is 0 Å². The highest BCUT2D eigenvalue weighted by molar-refractivity contribution is 6.24. The standard InChI is InChI=1S/C16H13N3O2/c1-2-14-17-13(18-21-14)9-19-12-8-4-6-10-5-3-7-11(15(10)12)16(19)20/h3-8H,2,9H2,1H3. The Morgan fingerprint density at radius 3 is 2.76 bits per heavy atom. The van der Waals surface area contributed by atoms with Crippen LogP contribution in [-0.4, -0.2) is 16.0 Å². The van der Waals surface area contributed by atoms with Crippen LogP contribution in [0, 0.1) is 0 Å². The van der Waals surface area contributed by atoms with Gasteiger partial charge in [0.25, 0.3) is 5.91 Å². The number of rotatable bonds is 3. The molecule has 2 heterocycles. The molecule has 1 aliphatic rings. The number of benzene rings is 2. The first-order chi connectivity index (χ1) is 10.3. The molecular formula is C16H13N3O2. The van der Waals surface area contributed by atoms with Gasteiger partial charge in [0.1, 0.15) is 0 Å². The van der Waals surface area contributed by atoms with Gasteiger partial charge in [0.15, 0.2) is 5.82 Å². The number of aromatic nitrogens is 2. The van der Waals surface area contributed by atoms with Crippen LogP contribution in [0.25, 0.3) is 10.8 Å². The van der Waals surface area contributed by atoms with Crippen molar-refractivity contribution in [1.82, 2.24) is 10.1 Å². The summed E-state index contributed by atoms with van der Waals surface area (Å²) in [6.45, 7) is 2.28. The lowest BCUT2D eigenvalue weighted by molar-refractivity contribution is 0.0990. The third kappa shape index (κ3) is 1.74. The molecule has 0 radical (unpaired) electrons. The van der Waals surface area contributed by atoms with Crippen LogP contribution < -0.4 is 4.90 Å². The fourth-order valence-electron chi connectivity index (χ4n) is 2.78. The maximum Gasteiger partial charge on any atom is 0.259 e. The summed E-state index contributed by atoms with van der Waals surface area (Å²) < 4.78 is 5.11. The fraction of sp³-hybridized carbons (Fsp3) is 0.188. The molecule has 1 amide bonds. The normalized spacial score (nSPS) is 13.4. The summed E-state index contributed by atoms with van der Waals surface area (Å²) in [6, 6.07) is 11.7. The Morgan fingerprint density at radius 2 is 2.00 bits per heavy atom. The van der Waals surface area contributed by atoms with Gasteiger partial charge in [-0.2, -0.15) is 4.98 Å². The predicted octanol–water partition coefficient (Wildman–Crippen LogP) is 2.95. The molecule has 3 aromatic rings. The highest BCUT2D eigenvalue weighted by atomic mass is 16.5. The van der Waals surface area contributed by atoms with E-state index in [9.17, 15) is 4.79 Å². The molecule has 104 valence electrons. The van der Waals surface area contributed by atoms with Gasteiger partial charge >= 0.3 is 0 Å². The Balaban J connectivity index is 1.78. The van der Waals surface area contributed by atoms with Crippen LogP contribution in [0.3, 0.4) is 0 Å². The second kappa shape index (κ2) is 4.41. The molecule has 1 aliphatic heterocycles. The van der Waals surface area contributed by atoms with Crippen molar-refractivity contribution < 1.29 is 9.32 Å². The van der Waals surface area contributed by atoms with Crippen molar-refractivity contribution in [2.75, 3.05) is 4.90 Å². The third-order valence-electron chi connectivity index (χ3n) is 3.76. The lowest BCUT2D eigenvalue weighted by Crippen LogP contribution is -2.26. The smallest absolute Gasteiger partial charge is 0.259 e. The summed E-state index contributed by atoms with van der Waals surface area (Å²) in [5.74, 6) is 1.11. The molecule has 0 saturated carbocycles. The van der Waals surface area contributed by atoms with E-state index in [-0.39, 0.29) is 5.91 Å². The number of aryl methyl sites for hydroxylation is 1. The minimum Gasteiger partial charge on any atom is -0.339 e. The SMILES string of the molecule is CCc1nc(CN2C(=O)c3cccc4cccc2c34)no1. The van der Waals surface area contributed by atoms with Crippen molar-refractivity contribution in [3.05, 3.63) is 53.7 Å². The zero-order valence-corrected chi connectivity index (χ0v) is 11.5. The van der Waals surface area contributed by atoms with Crippen LogP contribution in [0.15, 0.2) is 40.9 Å². The molecule has 0 atom stereocenters. The van der Waals surface area contributed by atoms with E-state index in [0.29, 0.717) is 24.7 Å². The number of nitrogens with zero attached hydrogens (tertiary/aromatic N) is 3. The summed E-state index contributed by atoms with van der Waals surface area (Å²) >= 11 is 0. The summed E-state index contributed by atoms with van der Waals surface area (Å²) in [7, 11) is 0. The maximum atomic E-state index is 12.6. The third-order valence-corrected chi connectivity index (χ3v) is 3.76. The first kappa shape index (κ1) is 12.1. The number of anilines is 1. The molecule has 0 unspecified atom stereocenters. The molecule has 0 spiro atoms. The van der Waals surface area contributed by atoms with E-state index >= 15 is 0 Å². The first-order valence-electron chi connectivity index (χ1n) is 6.93. The van der Waals surface area contributed by atoms with E-state index < -0.39 is 0 Å². The fourth-order valence-corrected chi connectivity index (χ4v) is 2.78. The molecule has 2 aromatic carbocycles. The molecule has 21 heavy (non-hydrogen) atoms. The van der Waals surface area contributed by atoms with E-state index in [0.717, 1.165) is 22.0 Å². The lowest BCUT2D eigenvalue weighted by atomic mass is 10.1. The Hall–Kier alpha value is -2.69. The number of hydrogen-bond acceptors (Lipinski definition) is 4. The van der Waals surface area contributed by atoms with Crippen LogP contribution in [0.2, 0.25) is 0 Å². The molecule has 0 bridgehead atoms. The molecule has 0 aliphatic carbocycles. The second-order valence-corrected chi connectivity index (χ2v) is 5.03. The number of amides is 1. The molecular weight excluding hydrogens is 266 g/mol. The van der Waals surface area contributed by atoms with Crippen molar-refractivity contribution in [2.24, 2.45) is 0 Å². The van der Waals surface area contributed by atoms with Gasteiger partial charge in [0, 0.05) is 17.4 Å². The Labute approximate surface area is 121 Å². The Morgan fingerprint density at radius 1 is 1.19 bits per heavy atom. The molecule has 0 saturated heterocycles. The number of hydrogen-bond donors (Lipinski definition) is 0. The minimum atomic E-state index is -0.00958. The maximum absolute atomic E-state index is 12.6. The zero-order valence-electron chi connectivity index (χ0n) is 11.5. The second-order valence-electron chi connectivity index (χ2n) is 5.03. The largest absolute Gasteiger partial charge is 0.339 e. The van der Waals surface area contributed by atoms with Gasteiger partial charge in [-0.25, -0.2) is 0 Å². The van der Waals surface area contributed by atoms with Gasteiger partial charge in [0.05, 0.1) is 12.2 Å². The molecule has 1 aromatic heterocycles. The van der Waals surface area contributed by atoms with Crippen LogP contribution >= 0.6 is 0 Å². The van der Waals surface area contributed by atoms with Gasteiger partial charge in [-0.3, -0.25) is 9.69 Å². The van der Waals surface area contributed by atoms with E-state index in [1.807, 2.05) is 43.3 Å². The van der Waals surface area contributed by atoms with Gasteiger partial charge in [-0.1, -0.05) is 36.3 Å². The van der Waals surface area contributed by atoms with Crippen molar-refractivity contribution in [3.8, 4) is 0 Å². The Kier molecular flexibility index (Phi) is 2.54. The monoisotopic (exact) mass is 279 g/mol. The van der Waals surface area contributed by atoms with Crippen LogP contribution in [0.1, 0.15) is 29.0 Å². The number of carbonyl (C=O) groups is 1. The van der Waals surface area contributed by atoms with Crippen molar-refractivity contribution in [1.29, 1.82) is 0 Å². The van der Waals surface area contributed by atoms with Gasteiger partial charge in [0.2, 0.25) is 5.89 Å². The zero-order chi connectivity index (χ0) is 14.4. The molecule has 0 fully saturated rings. The average Bonchev–Trinajstić information content (AvgIpc) is 3.08. The average molecular weight is 279 g/mol. The number of carbonyl (C=O) groups excluding carboxylic acids is 1. The lowest BCUT2D eigenvalue weighted by Gasteiger charge is -2.15. The van der Waals surface area contributed by atoms with E-state index in [4.69, 9.17) is 4.52 Å². The van der Waals surface area contributed by atoms with Gasteiger partial charge in [-0.05, 0) is 17.5 Å². The molecule has 5 heteroatoms. The van der Waals surface area contributed by atoms with E-state index in [1.165, 1.54) is 0 Å². The molecule has 0 N–H and O–H groups in total. The summed E-state index contributed by atoms with van der Waals surface area (Å²) in [5, 5.41) is 6.01. The van der Waals surface area contributed by atoms with E-state index in [1.54, 1.807) is 4.90 Å². The molecule has 5 nitrogen and oxygen atoms in total. The van der Waals surface area contributed by atoms with Crippen molar-refractivity contribution >= 4 is 22.4 Å².